The van der Waals surface area contributed by atoms with Crippen molar-refractivity contribution in [2.24, 2.45) is 0 Å². The maximum atomic E-state index is 12.8. The molecule has 0 spiro atoms. The van der Waals surface area contributed by atoms with Crippen LogP contribution in [0, 0.1) is 6.92 Å². The molecule has 2 aromatic rings. The molecule has 1 saturated heterocycles. The van der Waals surface area contributed by atoms with Gasteiger partial charge in [-0.1, -0.05) is 30.3 Å². The molecule has 0 saturated carbocycles. The van der Waals surface area contributed by atoms with Gasteiger partial charge in [0.05, 0.1) is 0 Å². The summed E-state index contributed by atoms with van der Waals surface area (Å²) in [6.07, 6.45) is 1.20. The third-order valence-corrected chi connectivity index (χ3v) is 5.16. The van der Waals surface area contributed by atoms with Gasteiger partial charge in [0.25, 0.3) is 5.91 Å². The Balaban J connectivity index is 1.58. The van der Waals surface area contributed by atoms with E-state index in [0.29, 0.717) is 24.3 Å². The summed E-state index contributed by atoms with van der Waals surface area (Å²) in [4.78, 5) is 28.5. The van der Waals surface area contributed by atoms with Gasteiger partial charge >= 0.3 is 0 Å². The molecule has 146 valence electrons. The molecule has 3 rings (SSSR count). The molecule has 1 aliphatic heterocycles. The molecule has 0 atom stereocenters. The second-order valence-corrected chi connectivity index (χ2v) is 7.35. The molecule has 1 N–H and O–H groups in total. The fraction of sp³-hybridized carbons (Fsp3) is 0.273. The Labute approximate surface area is 170 Å². The molecule has 28 heavy (non-hydrogen) atoms. The molecule has 5 nitrogen and oxygen atoms in total. The van der Waals surface area contributed by atoms with Gasteiger partial charge in [-0.15, -0.1) is 0 Å². The van der Waals surface area contributed by atoms with Crippen molar-refractivity contribution < 1.29 is 9.59 Å². The number of amides is 2. The average molecular weight is 398 g/mol. The van der Waals surface area contributed by atoms with Crippen LogP contribution in [0.1, 0.15) is 21.5 Å². The Morgan fingerprint density at radius 1 is 1.14 bits per heavy atom. The minimum absolute atomic E-state index is 0.0166. The highest BCUT2D eigenvalue weighted by molar-refractivity contribution is 6.30. The molecule has 2 aromatic carbocycles. The van der Waals surface area contributed by atoms with Gasteiger partial charge in [-0.25, -0.2) is 0 Å². The zero-order chi connectivity index (χ0) is 20.1. The lowest BCUT2D eigenvalue weighted by molar-refractivity contribution is -0.111. The number of carbonyl (C=O) groups is 2. The molecule has 6 heteroatoms. The average Bonchev–Trinajstić information content (AvgIpc) is 2.70. The molecule has 2 amide bonds. The molecule has 1 aliphatic rings. The van der Waals surface area contributed by atoms with E-state index in [1.165, 1.54) is 17.2 Å². The van der Waals surface area contributed by atoms with Crippen LogP contribution in [0.15, 0.2) is 55.1 Å². The number of halogens is 1. The number of benzene rings is 2. The molecule has 0 aromatic heterocycles. The van der Waals surface area contributed by atoms with E-state index in [9.17, 15) is 9.59 Å². The summed E-state index contributed by atoms with van der Waals surface area (Å²) in [7, 11) is 0. The topological polar surface area (TPSA) is 52.7 Å². The zero-order valence-electron chi connectivity index (χ0n) is 16.0. The van der Waals surface area contributed by atoms with Crippen LogP contribution >= 0.6 is 11.6 Å². The highest BCUT2D eigenvalue weighted by Crippen LogP contribution is 2.19. The fourth-order valence-electron chi connectivity index (χ4n) is 3.29. The zero-order valence-corrected chi connectivity index (χ0v) is 16.7. The van der Waals surface area contributed by atoms with E-state index in [0.717, 1.165) is 24.7 Å². The smallest absolute Gasteiger partial charge is 0.254 e. The van der Waals surface area contributed by atoms with E-state index in [2.05, 4.69) is 29.8 Å². The Hall–Kier alpha value is -2.63. The Morgan fingerprint density at radius 3 is 2.57 bits per heavy atom. The molecular formula is C22H24ClN3O2. The Kier molecular flexibility index (Phi) is 6.49. The van der Waals surface area contributed by atoms with Gasteiger partial charge in [0.1, 0.15) is 0 Å². The van der Waals surface area contributed by atoms with Crippen LogP contribution in [0.3, 0.4) is 0 Å². The van der Waals surface area contributed by atoms with E-state index in [1.54, 1.807) is 24.3 Å². The van der Waals surface area contributed by atoms with Crippen LogP contribution in [0.4, 0.5) is 5.69 Å². The minimum atomic E-state index is -0.296. The van der Waals surface area contributed by atoms with Gasteiger partial charge in [-0.3, -0.25) is 14.5 Å². The van der Waals surface area contributed by atoms with E-state index in [4.69, 9.17) is 11.6 Å². The predicted octanol–water partition coefficient (Wildman–Crippen LogP) is 3.73. The van der Waals surface area contributed by atoms with Crippen LogP contribution in [-0.2, 0) is 11.3 Å². The number of hydrogen-bond acceptors (Lipinski definition) is 3. The van der Waals surface area contributed by atoms with Crippen LogP contribution in [0.5, 0.6) is 0 Å². The van der Waals surface area contributed by atoms with Crippen LogP contribution in [0.2, 0.25) is 5.02 Å². The Bertz CT molecular complexity index is 889. The molecule has 0 bridgehead atoms. The van der Waals surface area contributed by atoms with Crippen molar-refractivity contribution in [3.8, 4) is 0 Å². The van der Waals surface area contributed by atoms with Crippen molar-refractivity contribution in [2.45, 2.75) is 13.5 Å². The van der Waals surface area contributed by atoms with E-state index < -0.39 is 0 Å². The lowest BCUT2D eigenvalue weighted by Crippen LogP contribution is -2.48. The van der Waals surface area contributed by atoms with Crippen molar-refractivity contribution in [3.05, 3.63) is 76.8 Å². The lowest BCUT2D eigenvalue weighted by Gasteiger charge is -2.35. The molecular weight excluding hydrogens is 374 g/mol. The summed E-state index contributed by atoms with van der Waals surface area (Å²) >= 11 is 6.03. The van der Waals surface area contributed by atoms with Crippen molar-refractivity contribution in [3.63, 3.8) is 0 Å². The summed E-state index contributed by atoms with van der Waals surface area (Å²) in [5.41, 5.74) is 3.61. The summed E-state index contributed by atoms with van der Waals surface area (Å²) < 4.78 is 0. The highest BCUT2D eigenvalue weighted by Gasteiger charge is 2.22. The van der Waals surface area contributed by atoms with Gasteiger partial charge in [0.15, 0.2) is 0 Å². The number of aryl methyl sites for hydroxylation is 1. The van der Waals surface area contributed by atoms with Crippen molar-refractivity contribution >= 4 is 29.1 Å². The molecule has 0 aliphatic carbocycles. The number of nitrogens with one attached hydrogen (secondary N) is 1. The molecule has 0 unspecified atom stereocenters. The second-order valence-electron chi connectivity index (χ2n) is 6.91. The predicted molar refractivity (Wildman–Crippen MR) is 113 cm³/mol. The van der Waals surface area contributed by atoms with Gasteiger partial charge < -0.3 is 10.2 Å². The SMILES string of the molecule is C=CC(=O)Nc1cccc(C(=O)N2CCN(Cc3ccc(Cl)cc3C)CC2)c1. The van der Waals surface area contributed by atoms with Crippen LogP contribution in [-0.4, -0.2) is 47.8 Å². The van der Waals surface area contributed by atoms with Gasteiger partial charge in [0, 0.05) is 49.0 Å². The van der Waals surface area contributed by atoms with E-state index in [1.807, 2.05) is 17.0 Å². The maximum Gasteiger partial charge on any atom is 0.254 e. The summed E-state index contributed by atoms with van der Waals surface area (Å²) in [6, 6.07) is 13.0. The van der Waals surface area contributed by atoms with Gasteiger partial charge in [-0.2, -0.15) is 0 Å². The molecule has 1 heterocycles. The van der Waals surface area contributed by atoms with E-state index in [-0.39, 0.29) is 11.8 Å². The second kappa shape index (κ2) is 9.04. The largest absolute Gasteiger partial charge is 0.336 e. The van der Waals surface area contributed by atoms with Gasteiger partial charge in [-0.05, 0) is 54.5 Å². The lowest BCUT2D eigenvalue weighted by atomic mass is 10.1. The maximum absolute atomic E-state index is 12.8. The summed E-state index contributed by atoms with van der Waals surface area (Å²) in [5.74, 6) is -0.312. The molecule has 0 radical (unpaired) electrons. The third kappa shape index (κ3) is 5.00. The van der Waals surface area contributed by atoms with Crippen LogP contribution < -0.4 is 5.32 Å². The van der Waals surface area contributed by atoms with Gasteiger partial charge in [0.2, 0.25) is 5.91 Å². The standard InChI is InChI=1S/C22H24ClN3O2/c1-3-21(27)24-20-6-4-5-17(14-20)22(28)26-11-9-25(10-12-26)15-18-7-8-19(23)13-16(18)2/h3-8,13-14H,1,9-12,15H2,2H3,(H,24,27). The first-order valence-corrected chi connectivity index (χ1v) is 9.64. The fourth-order valence-corrected chi connectivity index (χ4v) is 3.52. The number of piperazine rings is 1. The number of rotatable bonds is 5. The quantitative estimate of drug-likeness (QED) is 0.782. The molecule has 1 fully saturated rings. The number of nitrogens with zero attached hydrogens (tertiary/aromatic N) is 2. The normalized spacial score (nSPS) is 14.6. The number of carbonyl (C=O) groups excluding carboxylic acids is 2. The van der Waals surface area contributed by atoms with Crippen LogP contribution in [0.25, 0.3) is 0 Å². The van der Waals surface area contributed by atoms with Crippen molar-refractivity contribution in [1.29, 1.82) is 0 Å². The Morgan fingerprint density at radius 2 is 1.89 bits per heavy atom. The van der Waals surface area contributed by atoms with Crippen molar-refractivity contribution in [1.82, 2.24) is 9.80 Å². The number of anilines is 1. The summed E-state index contributed by atoms with van der Waals surface area (Å²) in [6.45, 7) is 9.35. The minimum Gasteiger partial charge on any atom is -0.336 e. The monoisotopic (exact) mass is 397 g/mol. The number of hydrogen-bond donors (Lipinski definition) is 1. The summed E-state index contributed by atoms with van der Waals surface area (Å²) in [5, 5.41) is 3.44. The third-order valence-electron chi connectivity index (χ3n) is 4.92. The van der Waals surface area contributed by atoms with Crippen molar-refractivity contribution in [2.75, 3.05) is 31.5 Å². The first-order valence-electron chi connectivity index (χ1n) is 9.26. The first-order chi connectivity index (χ1) is 13.5. The highest BCUT2D eigenvalue weighted by atomic mass is 35.5. The first kappa shape index (κ1) is 20.1. The van der Waals surface area contributed by atoms with E-state index >= 15 is 0 Å².